The summed E-state index contributed by atoms with van der Waals surface area (Å²) in [4.78, 5) is 22.9. The molecule has 2 rings (SSSR count). The first kappa shape index (κ1) is 15.6. The zero-order valence-electron chi connectivity index (χ0n) is 12.6. The fourth-order valence-electron chi connectivity index (χ4n) is 2.35. The second kappa shape index (κ2) is 6.34. The number of fused-ring (bicyclic) bond motifs is 1. The number of carbonyl (C=O) groups is 2. The molecule has 1 heterocycles. The molecule has 0 amide bonds. The second-order valence-corrected chi connectivity index (χ2v) is 4.59. The smallest absolute Gasteiger partial charge is 0.416 e. The Hall–Kier alpha value is -2.76. The Morgan fingerprint density at radius 3 is 2.68 bits per heavy atom. The molecule has 1 aromatic carbocycles. The van der Waals surface area contributed by atoms with E-state index in [-0.39, 0.29) is 6.61 Å². The number of esters is 1. The summed E-state index contributed by atoms with van der Waals surface area (Å²) in [5.41, 5.74) is 1.70. The maximum atomic E-state index is 11.5. The monoisotopic (exact) mass is 303 g/mol. The molecule has 6 nitrogen and oxygen atoms in total. The van der Waals surface area contributed by atoms with Crippen molar-refractivity contribution >= 4 is 29.0 Å². The Morgan fingerprint density at radius 1 is 1.36 bits per heavy atom. The summed E-state index contributed by atoms with van der Waals surface area (Å²) >= 11 is 0. The van der Waals surface area contributed by atoms with Gasteiger partial charge in [-0.05, 0) is 38.1 Å². The normalized spacial score (nSPS) is 11.0. The van der Waals surface area contributed by atoms with Gasteiger partial charge >= 0.3 is 12.1 Å². The molecule has 0 aliphatic heterocycles. The van der Waals surface area contributed by atoms with E-state index < -0.39 is 12.1 Å². The van der Waals surface area contributed by atoms with Gasteiger partial charge in [-0.15, -0.1) is 0 Å². The molecule has 0 aliphatic carbocycles. The van der Waals surface area contributed by atoms with E-state index in [1.54, 1.807) is 38.1 Å². The molecule has 22 heavy (non-hydrogen) atoms. The number of carboxylic acid groups (broad SMARTS) is 1. The molecule has 0 atom stereocenters. The maximum absolute atomic E-state index is 11.5. The van der Waals surface area contributed by atoms with E-state index in [0.29, 0.717) is 27.9 Å². The van der Waals surface area contributed by atoms with Crippen molar-refractivity contribution in [2.24, 2.45) is 0 Å². The molecule has 0 fully saturated rings. The number of methoxy groups -OCH3 is 1. The van der Waals surface area contributed by atoms with E-state index in [1.807, 2.05) is 0 Å². The Morgan fingerprint density at radius 2 is 2.09 bits per heavy atom. The molecule has 0 radical (unpaired) electrons. The van der Waals surface area contributed by atoms with Gasteiger partial charge in [0.15, 0.2) is 0 Å². The third-order valence-corrected chi connectivity index (χ3v) is 3.32. The molecule has 116 valence electrons. The third kappa shape index (κ3) is 2.81. The van der Waals surface area contributed by atoms with Crippen LogP contribution in [0.1, 0.15) is 18.2 Å². The molecule has 0 bridgehead atoms. The molecule has 6 heteroatoms. The number of aromatic nitrogens is 1. The summed E-state index contributed by atoms with van der Waals surface area (Å²) in [6, 6.07) is 5.11. The van der Waals surface area contributed by atoms with Gasteiger partial charge < -0.3 is 14.6 Å². The van der Waals surface area contributed by atoms with Crippen LogP contribution >= 0.6 is 0 Å². The lowest BCUT2D eigenvalue weighted by Gasteiger charge is -2.01. The fourth-order valence-corrected chi connectivity index (χ4v) is 2.35. The van der Waals surface area contributed by atoms with Crippen LogP contribution in [0.15, 0.2) is 24.3 Å². The van der Waals surface area contributed by atoms with E-state index in [4.69, 9.17) is 9.47 Å². The summed E-state index contributed by atoms with van der Waals surface area (Å²) in [5, 5.41) is 10.1. The lowest BCUT2D eigenvalue weighted by Crippen LogP contribution is -2.09. The number of benzene rings is 1. The van der Waals surface area contributed by atoms with Gasteiger partial charge in [0.25, 0.3) is 0 Å². The molecule has 0 unspecified atom stereocenters. The number of rotatable bonds is 4. The van der Waals surface area contributed by atoms with Crippen LogP contribution in [0.5, 0.6) is 5.75 Å². The number of carbonyl (C=O) groups excluding carboxylic acids is 1. The average Bonchev–Trinajstić information content (AvgIpc) is 2.76. The first-order valence-corrected chi connectivity index (χ1v) is 6.76. The highest BCUT2D eigenvalue weighted by Crippen LogP contribution is 2.30. The predicted octanol–water partition coefficient (Wildman–Crippen LogP) is 3.06. The summed E-state index contributed by atoms with van der Waals surface area (Å²) in [7, 11) is 1.54. The van der Waals surface area contributed by atoms with Gasteiger partial charge in [0.1, 0.15) is 5.75 Å². The minimum atomic E-state index is -1.08. The second-order valence-electron chi connectivity index (χ2n) is 4.59. The van der Waals surface area contributed by atoms with Crippen molar-refractivity contribution in [1.29, 1.82) is 0 Å². The Balaban J connectivity index is 2.63. The zero-order valence-corrected chi connectivity index (χ0v) is 12.6. The van der Waals surface area contributed by atoms with Crippen LogP contribution in [-0.2, 0) is 9.53 Å². The van der Waals surface area contributed by atoms with Crippen LogP contribution < -0.4 is 4.74 Å². The Bertz CT molecular complexity index is 757. The van der Waals surface area contributed by atoms with E-state index in [2.05, 4.69) is 0 Å². The summed E-state index contributed by atoms with van der Waals surface area (Å²) in [5.74, 6) is 0.141. The number of hydrogen-bond acceptors (Lipinski definition) is 4. The third-order valence-electron chi connectivity index (χ3n) is 3.32. The van der Waals surface area contributed by atoms with Crippen LogP contribution in [0.2, 0.25) is 0 Å². The number of ether oxygens (including phenoxy) is 2. The molecule has 0 aliphatic rings. The number of hydrogen-bond donors (Lipinski definition) is 1. The predicted molar refractivity (Wildman–Crippen MR) is 82.3 cm³/mol. The van der Waals surface area contributed by atoms with E-state index in [9.17, 15) is 14.7 Å². The van der Waals surface area contributed by atoms with Gasteiger partial charge in [0.2, 0.25) is 0 Å². The van der Waals surface area contributed by atoms with Crippen molar-refractivity contribution in [2.75, 3.05) is 13.7 Å². The SMILES string of the molecule is CCOC(=O)/C=C/c1c(C)n(C(=O)O)c2ccc(OC)cc12. The fraction of sp³-hybridized carbons (Fsp3) is 0.250. The van der Waals surface area contributed by atoms with Crippen LogP contribution in [-0.4, -0.2) is 35.5 Å². The van der Waals surface area contributed by atoms with Crippen molar-refractivity contribution in [3.8, 4) is 5.75 Å². The first-order chi connectivity index (χ1) is 10.5. The molecular formula is C16H17NO5. The summed E-state index contributed by atoms with van der Waals surface area (Å²) in [6.07, 6.45) is 1.77. The van der Waals surface area contributed by atoms with E-state index in [1.165, 1.54) is 17.8 Å². The van der Waals surface area contributed by atoms with E-state index >= 15 is 0 Å². The summed E-state index contributed by atoms with van der Waals surface area (Å²) in [6.45, 7) is 3.69. The number of nitrogens with zero attached hydrogens (tertiary/aromatic N) is 1. The van der Waals surface area contributed by atoms with Gasteiger partial charge in [-0.3, -0.25) is 0 Å². The van der Waals surface area contributed by atoms with Crippen molar-refractivity contribution in [3.63, 3.8) is 0 Å². The average molecular weight is 303 g/mol. The minimum absolute atomic E-state index is 0.285. The lowest BCUT2D eigenvalue weighted by molar-refractivity contribution is -0.137. The molecule has 1 aromatic heterocycles. The van der Waals surface area contributed by atoms with Crippen LogP contribution in [0, 0.1) is 6.92 Å². The lowest BCUT2D eigenvalue weighted by atomic mass is 10.1. The van der Waals surface area contributed by atoms with Crippen molar-refractivity contribution < 1.29 is 24.2 Å². The minimum Gasteiger partial charge on any atom is -0.497 e. The van der Waals surface area contributed by atoms with Crippen molar-refractivity contribution in [3.05, 3.63) is 35.5 Å². The van der Waals surface area contributed by atoms with Gasteiger partial charge in [-0.1, -0.05) is 0 Å². The van der Waals surface area contributed by atoms with Crippen LogP contribution in [0.25, 0.3) is 17.0 Å². The molecule has 0 saturated heterocycles. The highest BCUT2D eigenvalue weighted by Gasteiger charge is 2.17. The molecule has 0 spiro atoms. The van der Waals surface area contributed by atoms with Crippen LogP contribution in [0.4, 0.5) is 4.79 Å². The Kier molecular flexibility index (Phi) is 4.50. The summed E-state index contributed by atoms with van der Waals surface area (Å²) < 4.78 is 11.2. The van der Waals surface area contributed by atoms with Crippen LogP contribution in [0.3, 0.4) is 0 Å². The maximum Gasteiger partial charge on any atom is 0.416 e. The quantitative estimate of drug-likeness (QED) is 0.693. The topological polar surface area (TPSA) is 77.8 Å². The van der Waals surface area contributed by atoms with Gasteiger partial charge in [0, 0.05) is 22.7 Å². The van der Waals surface area contributed by atoms with Gasteiger partial charge in [-0.2, -0.15) is 0 Å². The molecular weight excluding hydrogens is 286 g/mol. The van der Waals surface area contributed by atoms with Crippen molar-refractivity contribution in [1.82, 2.24) is 4.57 Å². The zero-order chi connectivity index (χ0) is 16.3. The highest BCUT2D eigenvalue weighted by molar-refractivity contribution is 5.99. The first-order valence-electron chi connectivity index (χ1n) is 6.76. The largest absolute Gasteiger partial charge is 0.497 e. The molecule has 1 N–H and O–H groups in total. The highest BCUT2D eigenvalue weighted by atomic mass is 16.5. The molecule has 2 aromatic rings. The van der Waals surface area contributed by atoms with Gasteiger partial charge in [0.05, 0.1) is 19.2 Å². The van der Waals surface area contributed by atoms with E-state index in [0.717, 1.165) is 0 Å². The standard InChI is InChI=1S/C16H17NO5/c1-4-22-15(18)8-6-12-10(2)17(16(19)20)14-7-5-11(21-3)9-13(12)14/h5-9H,4H2,1-3H3,(H,19,20)/b8-6+. The Labute approximate surface area is 127 Å². The molecule has 0 saturated carbocycles. The van der Waals surface area contributed by atoms with Gasteiger partial charge in [-0.25, -0.2) is 14.2 Å². The van der Waals surface area contributed by atoms with Crippen molar-refractivity contribution in [2.45, 2.75) is 13.8 Å².